The minimum atomic E-state index is -4.51. The summed E-state index contributed by atoms with van der Waals surface area (Å²) in [5.74, 6) is -2.40. The number of benzene rings is 2. The molecule has 1 saturated heterocycles. The maximum absolute atomic E-state index is 13.6. The molecule has 2 amide bonds. The average molecular weight is 415 g/mol. The zero-order valence-electron chi connectivity index (χ0n) is 14.3. The summed E-state index contributed by atoms with van der Waals surface area (Å²) in [4.78, 5) is 25.3. The molecule has 28 heavy (non-hydrogen) atoms. The van der Waals surface area contributed by atoms with Crippen LogP contribution < -0.4 is 5.73 Å². The van der Waals surface area contributed by atoms with Gasteiger partial charge in [-0.05, 0) is 35.4 Å². The van der Waals surface area contributed by atoms with Crippen LogP contribution in [-0.2, 0) is 15.8 Å². The molecule has 2 atom stereocenters. The quantitative estimate of drug-likeness (QED) is 0.771. The Morgan fingerprint density at radius 3 is 2.25 bits per heavy atom. The minimum absolute atomic E-state index is 0.00878. The van der Waals surface area contributed by atoms with Crippen LogP contribution in [0.5, 0.6) is 0 Å². The SMILES string of the molecule is NC(=O)C1CC(=O)N([C@@H](c2ccc(C(F)(F)F)cc2)c2ccc(F)c(Cl)c2)C1. The van der Waals surface area contributed by atoms with Crippen LogP contribution in [0.2, 0.25) is 5.02 Å². The van der Waals surface area contributed by atoms with Gasteiger partial charge in [-0.1, -0.05) is 29.8 Å². The monoisotopic (exact) mass is 414 g/mol. The second-order valence-corrected chi connectivity index (χ2v) is 6.95. The molecule has 0 bridgehead atoms. The Bertz CT molecular complexity index is 915. The highest BCUT2D eigenvalue weighted by molar-refractivity contribution is 6.30. The van der Waals surface area contributed by atoms with Crippen LogP contribution >= 0.6 is 11.6 Å². The largest absolute Gasteiger partial charge is 0.416 e. The molecule has 2 N–H and O–H groups in total. The zero-order chi connectivity index (χ0) is 20.6. The Kier molecular flexibility index (Phi) is 5.34. The number of amides is 2. The number of rotatable bonds is 4. The fourth-order valence-electron chi connectivity index (χ4n) is 3.26. The van der Waals surface area contributed by atoms with E-state index in [9.17, 15) is 27.2 Å². The van der Waals surface area contributed by atoms with Crippen molar-refractivity contribution in [2.75, 3.05) is 6.54 Å². The van der Waals surface area contributed by atoms with Crippen LogP contribution in [0.3, 0.4) is 0 Å². The van der Waals surface area contributed by atoms with Gasteiger partial charge in [-0.25, -0.2) is 4.39 Å². The molecule has 0 spiro atoms. The minimum Gasteiger partial charge on any atom is -0.369 e. The summed E-state index contributed by atoms with van der Waals surface area (Å²) >= 11 is 5.85. The van der Waals surface area contributed by atoms with Crippen molar-refractivity contribution in [3.8, 4) is 0 Å². The van der Waals surface area contributed by atoms with Crippen LogP contribution in [0, 0.1) is 11.7 Å². The van der Waals surface area contributed by atoms with E-state index in [1.807, 2.05) is 0 Å². The van der Waals surface area contributed by atoms with Gasteiger partial charge in [0.05, 0.1) is 22.5 Å². The molecule has 2 aromatic rings. The van der Waals surface area contributed by atoms with Crippen LogP contribution in [-0.4, -0.2) is 23.3 Å². The first-order valence-electron chi connectivity index (χ1n) is 8.29. The Labute approximate surface area is 162 Å². The van der Waals surface area contributed by atoms with Crippen LogP contribution in [0.15, 0.2) is 42.5 Å². The molecule has 148 valence electrons. The molecule has 0 aliphatic carbocycles. The zero-order valence-corrected chi connectivity index (χ0v) is 15.1. The van der Waals surface area contributed by atoms with Crippen molar-refractivity contribution in [3.63, 3.8) is 0 Å². The number of primary amides is 1. The van der Waals surface area contributed by atoms with E-state index in [1.54, 1.807) is 0 Å². The molecule has 3 rings (SSSR count). The number of likely N-dealkylation sites (tertiary alicyclic amines) is 1. The maximum Gasteiger partial charge on any atom is 0.416 e. The number of hydrogen-bond acceptors (Lipinski definition) is 2. The summed E-state index contributed by atoms with van der Waals surface area (Å²) in [6.07, 6.45) is -4.60. The van der Waals surface area contributed by atoms with E-state index >= 15 is 0 Å². The van der Waals surface area contributed by atoms with E-state index in [4.69, 9.17) is 17.3 Å². The molecular weight excluding hydrogens is 400 g/mol. The van der Waals surface area contributed by atoms with Crippen LogP contribution in [0.4, 0.5) is 17.6 Å². The van der Waals surface area contributed by atoms with E-state index in [2.05, 4.69) is 0 Å². The highest BCUT2D eigenvalue weighted by Gasteiger charge is 2.39. The van der Waals surface area contributed by atoms with E-state index in [-0.39, 0.29) is 23.9 Å². The first-order chi connectivity index (χ1) is 13.1. The molecule has 1 heterocycles. The summed E-state index contributed by atoms with van der Waals surface area (Å²) < 4.78 is 52.2. The van der Waals surface area contributed by atoms with E-state index in [1.165, 1.54) is 29.2 Å². The van der Waals surface area contributed by atoms with Gasteiger partial charge in [-0.3, -0.25) is 9.59 Å². The van der Waals surface area contributed by atoms with Gasteiger partial charge in [-0.2, -0.15) is 13.2 Å². The normalized spacial score (nSPS) is 18.4. The molecule has 1 unspecified atom stereocenters. The predicted octanol–water partition coefficient (Wildman–Crippen LogP) is 3.92. The molecule has 9 heteroatoms. The number of carbonyl (C=O) groups excluding carboxylic acids is 2. The van der Waals surface area contributed by atoms with Gasteiger partial charge in [0, 0.05) is 13.0 Å². The number of nitrogens with zero attached hydrogens (tertiary/aromatic N) is 1. The predicted molar refractivity (Wildman–Crippen MR) is 93.7 cm³/mol. The lowest BCUT2D eigenvalue weighted by atomic mass is 9.96. The first-order valence-corrected chi connectivity index (χ1v) is 8.66. The van der Waals surface area contributed by atoms with Gasteiger partial charge in [0.25, 0.3) is 0 Å². The van der Waals surface area contributed by atoms with E-state index in [0.29, 0.717) is 11.1 Å². The highest BCUT2D eigenvalue weighted by atomic mass is 35.5. The van der Waals surface area contributed by atoms with Crippen molar-refractivity contribution >= 4 is 23.4 Å². The molecule has 4 nitrogen and oxygen atoms in total. The molecular formula is C19H15ClF4N2O2. The Hall–Kier alpha value is -2.61. The van der Waals surface area contributed by atoms with Crippen molar-refractivity contribution in [2.24, 2.45) is 11.7 Å². The topological polar surface area (TPSA) is 63.4 Å². The molecule has 1 fully saturated rings. The number of alkyl halides is 3. The number of hydrogen-bond donors (Lipinski definition) is 1. The van der Waals surface area contributed by atoms with Crippen LogP contribution in [0.25, 0.3) is 0 Å². The van der Waals surface area contributed by atoms with Crippen LogP contribution in [0.1, 0.15) is 29.2 Å². The number of halogens is 5. The summed E-state index contributed by atoms with van der Waals surface area (Å²) in [5.41, 5.74) is 5.24. The standard InChI is InChI=1S/C19H15ClF4N2O2/c20-14-7-11(3-6-15(14)21)17(26-9-12(18(25)28)8-16(26)27)10-1-4-13(5-2-10)19(22,23)24/h1-7,12,17H,8-9H2,(H2,25,28)/t12?,17-/m0/s1. The Morgan fingerprint density at radius 2 is 1.75 bits per heavy atom. The van der Waals surface area contributed by atoms with Gasteiger partial charge < -0.3 is 10.6 Å². The third-order valence-electron chi connectivity index (χ3n) is 4.69. The van der Waals surface area contributed by atoms with E-state index < -0.39 is 35.4 Å². The van der Waals surface area contributed by atoms with Crippen molar-refractivity contribution in [3.05, 3.63) is 70.0 Å². The second-order valence-electron chi connectivity index (χ2n) is 6.55. The second kappa shape index (κ2) is 7.43. The molecule has 0 radical (unpaired) electrons. The number of nitrogens with two attached hydrogens (primary N) is 1. The van der Waals surface area contributed by atoms with Gasteiger partial charge in [0.15, 0.2) is 0 Å². The van der Waals surface area contributed by atoms with Crippen molar-refractivity contribution in [1.82, 2.24) is 4.90 Å². The number of carbonyl (C=O) groups is 2. The third-order valence-corrected chi connectivity index (χ3v) is 4.98. The lowest BCUT2D eigenvalue weighted by Gasteiger charge is -2.29. The molecule has 2 aromatic carbocycles. The summed E-state index contributed by atoms with van der Waals surface area (Å²) in [7, 11) is 0. The molecule has 0 saturated carbocycles. The summed E-state index contributed by atoms with van der Waals surface area (Å²) in [6, 6.07) is 7.28. The third kappa shape index (κ3) is 3.96. The van der Waals surface area contributed by atoms with E-state index in [0.717, 1.165) is 18.2 Å². The molecule has 0 aromatic heterocycles. The van der Waals surface area contributed by atoms with Gasteiger partial charge in [-0.15, -0.1) is 0 Å². The maximum atomic E-state index is 13.6. The molecule has 1 aliphatic rings. The Morgan fingerprint density at radius 1 is 1.14 bits per heavy atom. The average Bonchev–Trinajstić information content (AvgIpc) is 3.00. The summed E-state index contributed by atoms with van der Waals surface area (Å²) in [5, 5.41) is -0.187. The highest BCUT2D eigenvalue weighted by Crippen LogP contribution is 2.37. The smallest absolute Gasteiger partial charge is 0.369 e. The lowest BCUT2D eigenvalue weighted by Crippen LogP contribution is -2.33. The van der Waals surface area contributed by atoms with Gasteiger partial charge >= 0.3 is 6.18 Å². The fourth-order valence-corrected chi connectivity index (χ4v) is 3.45. The summed E-state index contributed by atoms with van der Waals surface area (Å²) in [6.45, 7) is 0.00878. The van der Waals surface area contributed by atoms with Crippen molar-refractivity contribution < 1.29 is 27.2 Å². The van der Waals surface area contributed by atoms with Crippen molar-refractivity contribution in [1.29, 1.82) is 0 Å². The molecule has 1 aliphatic heterocycles. The van der Waals surface area contributed by atoms with Gasteiger partial charge in [0.1, 0.15) is 5.82 Å². The van der Waals surface area contributed by atoms with Crippen molar-refractivity contribution in [2.45, 2.75) is 18.6 Å². The lowest BCUT2D eigenvalue weighted by molar-refractivity contribution is -0.137. The Balaban J connectivity index is 2.06. The van der Waals surface area contributed by atoms with Gasteiger partial charge in [0.2, 0.25) is 11.8 Å². The first kappa shape index (κ1) is 20.1. The fraction of sp³-hybridized carbons (Fsp3) is 0.263.